The molecular weight excluding hydrogens is 202 g/mol. The Balaban J connectivity index is 1.82. The second-order valence-corrected chi connectivity index (χ2v) is 4.45. The molecule has 0 spiro atoms. The third-order valence-electron chi connectivity index (χ3n) is 3.30. The van der Waals surface area contributed by atoms with Gasteiger partial charge in [0.25, 0.3) is 0 Å². The summed E-state index contributed by atoms with van der Waals surface area (Å²) in [5.74, 6) is 0.629. The van der Waals surface area contributed by atoms with E-state index < -0.39 is 0 Å². The minimum atomic E-state index is 0.629. The lowest BCUT2D eigenvalue weighted by Crippen LogP contribution is -2.25. The van der Waals surface area contributed by atoms with Crippen molar-refractivity contribution in [3.63, 3.8) is 0 Å². The Kier molecular flexibility index (Phi) is 3.96. The fourth-order valence-corrected chi connectivity index (χ4v) is 2.38. The summed E-state index contributed by atoms with van der Waals surface area (Å²) in [7, 11) is 0. The van der Waals surface area contributed by atoms with E-state index in [1.54, 1.807) is 0 Å². The quantitative estimate of drug-likeness (QED) is 0.770. The van der Waals surface area contributed by atoms with Crippen LogP contribution in [-0.2, 0) is 4.74 Å². The summed E-state index contributed by atoms with van der Waals surface area (Å²) in [5, 5.41) is 7.23. The Hall–Kier alpha value is -0.870. The van der Waals surface area contributed by atoms with Crippen LogP contribution >= 0.6 is 0 Å². The zero-order valence-electron chi connectivity index (χ0n) is 10.2. The highest BCUT2D eigenvalue weighted by atomic mass is 16.5. The predicted octanol–water partition coefficient (Wildman–Crippen LogP) is 1.54. The van der Waals surface area contributed by atoms with Crippen LogP contribution in [0.2, 0.25) is 0 Å². The van der Waals surface area contributed by atoms with Crippen molar-refractivity contribution in [1.82, 2.24) is 15.1 Å². The van der Waals surface area contributed by atoms with Gasteiger partial charge in [0, 0.05) is 31.3 Å². The minimum absolute atomic E-state index is 0.629. The van der Waals surface area contributed by atoms with Gasteiger partial charge in [-0.2, -0.15) is 5.10 Å². The second-order valence-electron chi connectivity index (χ2n) is 4.45. The Morgan fingerprint density at radius 2 is 2.50 bits per heavy atom. The van der Waals surface area contributed by atoms with E-state index in [1.165, 1.54) is 24.2 Å². The van der Waals surface area contributed by atoms with Crippen molar-refractivity contribution < 1.29 is 4.74 Å². The fraction of sp³-hybridized carbons (Fsp3) is 0.750. The molecule has 0 aromatic carbocycles. The average molecular weight is 223 g/mol. The molecule has 1 saturated heterocycles. The SMILES string of the molecule is CCOCCN1CCC(c2[nH]ncc2C)C1. The van der Waals surface area contributed by atoms with Gasteiger partial charge in [0.1, 0.15) is 0 Å². The van der Waals surface area contributed by atoms with E-state index in [4.69, 9.17) is 4.74 Å². The number of ether oxygens (including phenoxy) is 1. The smallest absolute Gasteiger partial charge is 0.0593 e. The van der Waals surface area contributed by atoms with Gasteiger partial charge in [0.2, 0.25) is 0 Å². The van der Waals surface area contributed by atoms with Gasteiger partial charge in [-0.1, -0.05) is 0 Å². The molecule has 2 heterocycles. The Morgan fingerprint density at radius 3 is 3.19 bits per heavy atom. The molecule has 1 fully saturated rings. The zero-order valence-corrected chi connectivity index (χ0v) is 10.2. The number of aromatic amines is 1. The maximum absolute atomic E-state index is 5.38. The molecule has 1 aromatic rings. The molecule has 1 aliphatic rings. The molecule has 90 valence electrons. The lowest BCUT2D eigenvalue weighted by Gasteiger charge is -2.15. The fourth-order valence-electron chi connectivity index (χ4n) is 2.38. The average Bonchev–Trinajstić information content (AvgIpc) is 2.87. The summed E-state index contributed by atoms with van der Waals surface area (Å²) in [6.07, 6.45) is 3.15. The van der Waals surface area contributed by atoms with Crippen molar-refractivity contribution in [2.75, 3.05) is 32.8 Å². The van der Waals surface area contributed by atoms with Crippen molar-refractivity contribution in [2.45, 2.75) is 26.2 Å². The van der Waals surface area contributed by atoms with Gasteiger partial charge in [0.05, 0.1) is 12.8 Å². The normalized spacial score (nSPS) is 21.8. The van der Waals surface area contributed by atoms with Crippen LogP contribution in [-0.4, -0.2) is 47.9 Å². The molecule has 0 radical (unpaired) electrons. The molecule has 0 aliphatic carbocycles. The van der Waals surface area contributed by atoms with Crippen LogP contribution in [0.3, 0.4) is 0 Å². The van der Waals surface area contributed by atoms with Crippen LogP contribution < -0.4 is 0 Å². The minimum Gasteiger partial charge on any atom is -0.380 e. The molecule has 0 saturated carbocycles. The van der Waals surface area contributed by atoms with Gasteiger partial charge in [0.15, 0.2) is 0 Å². The van der Waals surface area contributed by atoms with Gasteiger partial charge in [-0.05, 0) is 32.4 Å². The maximum Gasteiger partial charge on any atom is 0.0593 e. The topological polar surface area (TPSA) is 41.1 Å². The summed E-state index contributed by atoms with van der Waals surface area (Å²) in [4.78, 5) is 2.47. The number of aromatic nitrogens is 2. The summed E-state index contributed by atoms with van der Waals surface area (Å²) in [5.41, 5.74) is 2.61. The number of hydrogen-bond donors (Lipinski definition) is 1. The van der Waals surface area contributed by atoms with Crippen LogP contribution in [0.4, 0.5) is 0 Å². The number of rotatable bonds is 5. The molecule has 1 N–H and O–H groups in total. The number of H-pyrrole nitrogens is 1. The van der Waals surface area contributed by atoms with Gasteiger partial charge in [-0.25, -0.2) is 0 Å². The monoisotopic (exact) mass is 223 g/mol. The summed E-state index contributed by atoms with van der Waals surface area (Å²) >= 11 is 0. The third-order valence-corrected chi connectivity index (χ3v) is 3.30. The molecule has 1 aliphatic heterocycles. The van der Waals surface area contributed by atoms with E-state index >= 15 is 0 Å². The van der Waals surface area contributed by atoms with Crippen molar-refractivity contribution in [3.8, 4) is 0 Å². The van der Waals surface area contributed by atoms with E-state index in [0.717, 1.165) is 26.3 Å². The van der Waals surface area contributed by atoms with Crippen molar-refractivity contribution in [3.05, 3.63) is 17.5 Å². The molecule has 0 amide bonds. The van der Waals surface area contributed by atoms with Crippen LogP contribution in [0.1, 0.15) is 30.5 Å². The predicted molar refractivity (Wildman–Crippen MR) is 63.6 cm³/mol. The van der Waals surface area contributed by atoms with Gasteiger partial charge >= 0.3 is 0 Å². The first-order valence-corrected chi connectivity index (χ1v) is 6.11. The molecule has 1 aromatic heterocycles. The summed E-state index contributed by atoms with van der Waals surface area (Å²) < 4.78 is 5.38. The number of nitrogens with one attached hydrogen (secondary N) is 1. The highest BCUT2D eigenvalue weighted by Crippen LogP contribution is 2.27. The lowest BCUT2D eigenvalue weighted by molar-refractivity contribution is 0.121. The van der Waals surface area contributed by atoms with E-state index in [-0.39, 0.29) is 0 Å². The maximum atomic E-state index is 5.38. The Bertz CT molecular complexity index is 324. The number of aryl methyl sites for hydroxylation is 1. The van der Waals surface area contributed by atoms with E-state index in [1.807, 2.05) is 13.1 Å². The molecular formula is C12H21N3O. The first-order valence-electron chi connectivity index (χ1n) is 6.11. The third kappa shape index (κ3) is 2.62. The zero-order chi connectivity index (χ0) is 11.4. The highest BCUT2D eigenvalue weighted by Gasteiger charge is 2.25. The lowest BCUT2D eigenvalue weighted by atomic mass is 10.0. The van der Waals surface area contributed by atoms with Gasteiger partial charge < -0.3 is 9.64 Å². The van der Waals surface area contributed by atoms with Crippen LogP contribution in [0.15, 0.2) is 6.20 Å². The van der Waals surface area contributed by atoms with Crippen LogP contribution in [0, 0.1) is 6.92 Å². The van der Waals surface area contributed by atoms with Crippen LogP contribution in [0.5, 0.6) is 0 Å². The van der Waals surface area contributed by atoms with E-state index in [9.17, 15) is 0 Å². The van der Waals surface area contributed by atoms with Crippen molar-refractivity contribution in [1.29, 1.82) is 0 Å². The number of nitrogens with zero attached hydrogens (tertiary/aromatic N) is 2. The molecule has 4 heteroatoms. The molecule has 4 nitrogen and oxygen atoms in total. The number of likely N-dealkylation sites (tertiary alicyclic amines) is 1. The van der Waals surface area contributed by atoms with Crippen molar-refractivity contribution in [2.24, 2.45) is 0 Å². The number of hydrogen-bond acceptors (Lipinski definition) is 3. The largest absolute Gasteiger partial charge is 0.380 e. The molecule has 2 rings (SSSR count). The van der Waals surface area contributed by atoms with Crippen molar-refractivity contribution >= 4 is 0 Å². The molecule has 16 heavy (non-hydrogen) atoms. The molecule has 1 unspecified atom stereocenters. The Labute approximate surface area is 97.0 Å². The molecule has 0 bridgehead atoms. The standard InChI is InChI=1S/C12H21N3O/c1-3-16-7-6-15-5-4-11(9-15)12-10(2)8-13-14-12/h8,11H,3-7,9H2,1-2H3,(H,13,14). The second kappa shape index (κ2) is 5.46. The van der Waals surface area contributed by atoms with E-state index in [2.05, 4.69) is 22.0 Å². The Morgan fingerprint density at radius 1 is 1.62 bits per heavy atom. The van der Waals surface area contributed by atoms with Gasteiger partial charge in [-0.3, -0.25) is 5.10 Å². The molecule has 1 atom stereocenters. The van der Waals surface area contributed by atoms with E-state index in [0.29, 0.717) is 5.92 Å². The van der Waals surface area contributed by atoms with Crippen LogP contribution in [0.25, 0.3) is 0 Å². The summed E-state index contributed by atoms with van der Waals surface area (Å²) in [6, 6.07) is 0. The summed E-state index contributed by atoms with van der Waals surface area (Å²) in [6.45, 7) is 9.20. The first-order chi connectivity index (χ1) is 7.81. The highest BCUT2D eigenvalue weighted by molar-refractivity contribution is 5.20. The first kappa shape index (κ1) is 11.6. The van der Waals surface area contributed by atoms with Gasteiger partial charge in [-0.15, -0.1) is 0 Å².